The highest BCUT2D eigenvalue weighted by atomic mass is 79.9. The predicted molar refractivity (Wildman–Crippen MR) is 83.4 cm³/mol. The molecule has 1 unspecified atom stereocenters. The second-order valence-corrected chi connectivity index (χ2v) is 10.5. The molecular formula is C12H17BrClNO2S2. The van der Waals surface area contributed by atoms with Crippen LogP contribution in [0.15, 0.2) is 14.1 Å². The Bertz CT molecular complexity index is 549. The molecule has 0 saturated heterocycles. The molecule has 1 aromatic heterocycles. The van der Waals surface area contributed by atoms with Crippen LogP contribution in [0.2, 0.25) is 5.02 Å². The zero-order valence-corrected chi connectivity index (χ0v) is 14.8. The summed E-state index contributed by atoms with van der Waals surface area (Å²) in [5.74, 6) is 0. The average molecular weight is 387 g/mol. The molecule has 1 N–H and O–H groups in total. The van der Waals surface area contributed by atoms with E-state index in [1.807, 2.05) is 0 Å². The first kappa shape index (κ1) is 15.8. The van der Waals surface area contributed by atoms with Gasteiger partial charge in [0.1, 0.15) is 4.21 Å². The molecule has 0 aliphatic heterocycles. The summed E-state index contributed by atoms with van der Waals surface area (Å²) in [6, 6.07) is 1.51. The number of hydrogen-bond donors (Lipinski definition) is 1. The van der Waals surface area contributed by atoms with Crippen LogP contribution in [0, 0.1) is 5.41 Å². The van der Waals surface area contributed by atoms with E-state index in [2.05, 4.69) is 34.5 Å². The molecule has 3 nitrogen and oxygen atoms in total. The van der Waals surface area contributed by atoms with E-state index in [-0.39, 0.29) is 15.7 Å². The summed E-state index contributed by atoms with van der Waals surface area (Å²) < 4.78 is 28.3. The van der Waals surface area contributed by atoms with Gasteiger partial charge < -0.3 is 0 Å². The van der Waals surface area contributed by atoms with E-state index in [4.69, 9.17) is 11.6 Å². The Morgan fingerprint density at radius 2 is 2.21 bits per heavy atom. The highest BCUT2D eigenvalue weighted by Crippen LogP contribution is 2.37. The van der Waals surface area contributed by atoms with Gasteiger partial charge in [-0.05, 0) is 46.7 Å². The molecule has 1 aromatic rings. The lowest BCUT2D eigenvalue weighted by Crippen LogP contribution is -2.40. The maximum absolute atomic E-state index is 12.3. The summed E-state index contributed by atoms with van der Waals surface area (Å²) in [5, 5.41) is 0.439. The minimum absolute atomic E-state index is 0.0217. The summed E-state index contributed by atoms with van der Waals surface area (Å²) in [4.78, 5) is 0. The molecule has 1 atom stereocenters. The molecule has 1 fully saturated rings. The van der Waals surface area contributed by atoms with E-state index in [0.29, 0.717) is 8.81 Å². The maximum atomic E-state index is 12.3. The third-order valence-corrected chi connectivity index (χ3v) is 7.88. The second kappa shape index (κ2) is 5.64. The summed E-state index contributed by atoms with van der Waals surface area (Å²) in [6.07, 6.45) is 4.01. The van der Waals surface area contributed by atoms with Crippen molar-refractivity contribution in [2.45, 2.75) is 49.8 Å². The number of rotatable bonds is 3. The van der Waals surface area contributed by atoms with E-state index < -0.39 is 10.0 Å². The Balaban J connectivity index is 2.13. The van der Waals surface area contributed by atoms with Crippen molar-refractivity contribution >= 4 is 48.9 Å². The van der Waals surface area contributed by atoms with Gasteiger partial charge in [0, 0.05) is 6.04 Å². The van der Waals surface area contributed by atoms with Gasteiger partial charge in [0.15, 0.2) is 0 Å². The van der Waals surface area contributed by atoms with Gasteiger partial charge in [-0.1, -0.05) is 31.9 Å². The molecule has 0 radical (unpaired) electrons. The second-order valence-electron chi connectivity index (χ2n) is 5.77. The van der Waals surface area contributed by atoms with Gasteiger partial charge in [-0.2, -0.15) is 0 Å². The molecule has 1 heterocycles. The fourth-order valence-corrected chi connectivity index (χ4v) is 6.22. The van der Waals surface area contributed by atoms with Gasteiger partial charge >= 0.3 is 0 Å². The van der Waals surface area contributed by atoms with E-state index >= 15 is 0 Å². The topological polar surface area (TPSA) is 46.2 Å². The monoisotopic (exact) mass is 385 g/mol. The average Bonchev–Trinajstić information content (AvgIpc) is 2.58. The number of sulfonamides is 1. The van der Waals surface area contributed by atoms with Crippen molar-refractivity contribution in [1.82, 2.24) is 4.72 Å². The van der Waals surface area contributed by atoms with Crippen molar-refractivity contribution in [1.29, 1.82) is 0 Å². The fraction of sp³-hybridized carbons (Fsp3) is 0.667. The first-order valence-corrected chi connectivity index (χ1v) is 9.64. The van der Waals surface area contributed by atoms with Gasteiger partial charge in [0.05, 0.1) is 8.81 Å². The van der Waals surface area contributed by atoms with Crippen LogP contribution in [-0.2, 0) is 10.0 Å². The standard InChI is InChI=1S/C12H17BrClNO2S2/c1-12(2)5-3-4-8(7-12)15-19(16,17)10-6-9(14)11(13)18-10/h6,8,15H,3-5,7H2,1-2H3. The van der Waals surface area contributed by atoms with Crippen LogP contribution in [0.4, 0.5) is 0 Å². The molecule has 0 aromatic carbocycles. The summed E-state index contributed by atoms with van der Waals surface area (Å²) in [7, 11) is -3.46. The number of hydrogen-bond acceptors (Lipinski definition) is 3. The molecule has 1 aliphatic rings. The molecule has 1 aliphatic carbocycles. The van der Waals surface area contributed by atoms with Crippen LogP contribution in [-0.4, -0.2) is 14.5 Å². The molecule has 7 heteroatoms. The van der Waals surface area contributed by atoms with Crippen LogP contribution in [0.3, 0.4) is 0 Å². The van der Waals surface area contributed by atoms with Crippen molar-refractivity contribution in [2.75, 3.05) is 0 Å². The molecule has 0 amide bonds. The van der Waals surface area contributed by atoms with E-state index in [1.54, 1.807) is 0 Å². The van der Waals surface area contributed by atoms with Crippen LogP contribution in [0.5, 0.6) is 0 Å². The van der Waals surface area contributed by atoms with E-state index in [1.165, 1.54) is 6.07 Å². The molecule has 0 bridgehead atoms. The van der Waals surface area contributed by atoms with Crippen LogP contribution < -0.4 is 4.72 Å². The van der Waals surface area contributed by atoms with Gasteiger partial charge in [-0.15, -0.1) is 11.3 Å². The van der Waals surface area contributed by atoms with Gasteiger partial charge in [-0.25, -0.2) is 13.1 Å². The van der Waals surface area contributed by atoms with Crippen LogP contribution in [0.25, 0.3) is 0 Å². The van der Waals surface area contributed by atoms with E-state index in [9.17, 15) is 8.42 Å². The number of halogens is 2. The molecule has 108 valence electrons. The third kappa shape index (κ3) is 3.94. The molecule has 19 heavy (non-hydrogen) atoms. The normalized spacial score (nSPS) is 23.5. The highest BCUT2D eigenvalue weighted by molar-refractivity contribution is 9.11. The highest BCUT2D eigenvalue weighted by Gasteiger charge is 2.31. The molecule has 0 spiro atoms. The third-order valence-electron chi connectivity index (χ3n) is 3.41. The van der Waals surface area contributed by atoms with Crippen molar-refractivity contribution in [3.05, 3.63) is 14.9 Å². The summed E-state index contributed by atoms with van der Waals surface area (Å²) >= 11 is 10.3. The van der Waals surface area contributed by atoms with Crippen molar-refractivity contribution in [3.8, 4) is 0 Å². The Morgan fingerprint density at radius 3 is 2.74 bits per heavy atom. The predicted octanol–water partition coefficient (Wildman–Crippen LogP) is 4.41. The van der Waals surface area contributed by atoms with Gasteiger partial charge in [0.2, 0.25) is 10.0 Å². The van der Waals surface area contributed by atoms with Crippen LogP contribution >= 0.6 is 38.9 Å². The fourth-order valence-electron chi connectivity index (χ4n) is 2.54. The first-order chi connectivity index (χ1) is 8.70. The minimum atomic E-state index is -3.46. The summed E-state index contributed by atoms with van der Waals surface area (Å²) in [5.41, 5.74) is 0.207. The maximum Gasteiger partial charge on any atom is 0.250 e. The molecule has 2 rings (SSSR count). The lowest BCUT2D eigenvalue weighted by molar-refractivity contribution is 0.212. The Labute approximate surface area is 131 Å². The Morgan fingerprint density at radius 1 is 1.53 bits per heavy atom. The zero-order chi connectivity index (χ0) is 14.3. The van der Waals surface area contributed by atoms with Gasteiger partial charge in [0.25, 0.3) is 0 Å². The smallest absolute Gasteiger partial charge is 0.207 e. The van der Waals surface area contributed by atoms with Crippen LogP contribution in [0.1, 0.15) is 39.5 Å². The summed E-state index contributed by atoms with van der Waals surface area (Å²) in [6.45, 7) is 4.37. The SMILES string of the molecule is CC1(C)CCCC(NS(=O)(=O)c2cc(Cl)c(Br)s2)C1. The number of nitrogens with one attached hydrogen (secondary N) is 1. The minimum Gasteiger partial charge on any atom is -0.207 e. The first-order valence-electron chi connectivity index (χ1n) is 6.17. The van der Waals surface area contributed by atoms with E-state index in [0.717, 1.165) is 37.0 Å². The lowest BCUT2D eigenvalue weighted by Gasteiger charge is -2.35. The van der Waals surface area contributed by atoms with Crippen molar-refractivity contribution < 1.29 is 8.42 Å². The van der Waals surface area contributed by atoms with Gasteiger partial charge in [-0.3, -0.25) is 0 Å². The largest absolute Gasteiger partial charge is 0.250 e. The quantitative estimate of drug-likeness (QED) is 0.836. The zero-order valence-electron chi connectivity index (χ0n) is 10.9. The molecular weight excluding hydrogens is 370 g/mol. The van der Waals surface area contributed by atoms with Crippen molar-refractivity contribution in [3.63, 3.8) is 0 Å². The number of thiophene rings is 1. The molecule has 1 saturated carbocycles. The lowest BCUT2D eigenvalue weighted by atomic mass is 9.75. The Kier molecular flexibility index (Phi) is 4.68. The van der Waals surface area contributed by atoms with Crippen molar-refractivity contribution in [2.24, 2.45) is 5.41 Å². The Hall–Kier alpha value is 0.380.